The minimum atomic E-state index is -0.775. The highest BCUT2D eigenvalue weighted by Crippen LogP contribution is 2.34. The van der Waals surface area contributed by atoms with Crippen LogP contribution in [0, 0.1) is 0 Å². The van der Waals surface area contributed by atoms with Gasteiger partial charge in [-0.05, 0) is 49.8 Å². The van der Waals surface area contributed by atoms with E-state index in [9.17, 15) is 14.4 Å². The van der Waals surface area contributed by atoms with Gasteiger partial charge in [-0.2, -0.15) is 0 Å². The second-order valence-electron chi connectivity index (χ2n) is 8.75. The van der Waals surface area contributed by atoms with E-state index in [1.807, 2.05) is 25.1 Å². The number of carbonyl (C=O) groups is 2. The molecule has 5 rings (SSSR count). The summed E-state index contributed by atoms with van der Waals surface area (Å²) >= 11 is 1.62. The Balaban J connectivity index is 1.35. The lowest BCUT2D eigenvalue weighted by Crippen LogP contribution is -2.51. The molecule has 1 aliphatic heterocycles. The molecule has 0 saturated heterocycles. The van der Waals surface area contributed by atoms with Crippen molar-refractivity contribution >= 4 is 39.1 Å². The van der Waals surface area contributed by atoms with Crippen LogP contribution in [0.4, 0.5) is 5.69 Å². The van der Waals surface area contributed by atoms with Gasteiger partial charge in [0.05, 0.1) is 23.9 Å². The molecule has 0 bridgehead atoms. The van der Waals surface area contributed by atoms with Gasteiger partial charge in [0.15, 0.2) is 6.10 Å². The Kier molecular flexibility index (Phi) is 6.36. The van der Waals surface area contributed by atoms with E-state index in [0.717, 1.165) is 47.9 Å². The summed E-state index contributed by atoms with van der Waals surface area (Å²) in [5.41, 5.74) is 1.71. The number of aryl methyl sites for hydroxylation is 3. The third-order valence-electron chi connectivity index (χ3n) is 6.42. The van der Waals surface area contributed by atoms with Crippen LogP contribution in [0.15, 0.2) is 35.4 Å². The molecule has 0 radical (unpaired) electrons. The van der Waals surface area contributed by atoms with E-state index in [1.54, 1.807) is 33.2 Å². The first-order valence-corrected chi connectivity index (χ1v) is 12.7. The molecule has 1 N–H and O–H groups in total. The van der Waals surface area contributed by atoms with Gasteiger partial charge in [0.1, 0.15) is 10.6 Å². The Bertz CT molecular complexity index is 1300. The third-order valence-corrected chi connectivity index (χ3v) is 7.62. The summed E-state index contributed by atoms with van der Waals surface area (Å²) in [5, 5.41) is 3.56. The van der Waals surface area contributed by atoms with Crippen molar-refractivity contribution in [3.63, 3.8) is 0 Å². The van der Waals surface area contributed by atoms with E-state index in [-0.39, 0.29) is 36.9 Å². The number of para-hydroxylation sites is 2. The smallest absolute Gasteiger partial charge is 0.262 e. The molecule has 8 nitrogen and oxygen atoms in total. The number of aromatic nitrogens is 2. The zero-order valence-electron chi connectivity index (χ0n) is 19.2. The maximum Gasteiger partial charge on any atom is 0.262 e. The zero-order chi connectivity index (χ0) is 23.7. The van der Waals surface area contributed by atoms with Gasteiger partial charge in [0, 0.05) is 24.4 Å². The number of thiophene rings is 1. The second kappa shape index (κ2) is 9.58. The second-order valence-corrected chi connectivity index (χ2v) is 9.84. The van der Waals surface area contributed by atoms with Gasteiger partial charge in [-0.25, -0.2) is 4.98 Å². The first-order chi connectivity index (χ1) is 16.6. The third kappa shape index (κ3) is 4.20. The predicted octanol–water partition coefficient (Wildman–Crippen LogP) is 3.05. The molecule has 34 heavy (non-hydrogen) atoms. The fraction of sp³-hybridized carbons (Fsp3) is 0.440. The highest BCUT2D eigenvalue weighted by molar-refractivity contribution is 7.18. The van der Waals surface area contributed by atoms with Crippen LogP contribution in [0.5, 0.6) is 5.75 Å². The molecule has 0 unspecified atom stereocenters. The number of nitrogens with zero attached hydrogens (tertiary/aromatic N) is 3. The van der Waals surface area contributed by atoms with E-state index in [0.29, 0.717) is 18.0 Å². The lowest BCUT2D eigenvalue weighted by Gasteiger charge is -2.34. The molecule has 1 atom stereocenters. The van der Waals surface area contributed by atoms with Crippen molar-refractivity contribution < 1.29 is 14.3 Å². The number of anilines is 1. The summed E-state index contributed by atoms with van der Waals surface area (Å²) < 4.78 is 7.42. The number of fused-ring (bicyclic) bond motifs is 4. The molecular formula is C25H28N4O4S. The van der Waals surface area contributed by atoms with Crippen LogP contribution in [0.3, 0.4) is 0 Å². The summed E-state index contributed by atoms with van der Waals surface area (Å²) in [5.74, 6) is 0.106. The molecule has 2 amide bonds. The van der Waals surface area contributed by atoms with E-state index in [1.165, 1.54) is 4.88 Å². The normalized spacial score (nSPS) is 17.1. The molecule has 0 spiro atoms. The SMILES string of the molecule is CCCNC(=O)[C@@H]1CN(C(=O)CCn2cnc3sc4c(c3c2=O)CCCC4)c2ccccc2O1. The van der Waals surface area contributed by atoms with Crippen LogP contribution < -0.4 is 20.5 Å². The highest BCUT2D eigenvalue weighted by Gasteiger charge is 2.33. The number of ether oxygens (including phenoxy) is 1. The molecule has 0 fully saturated rings. The summed E-state index contributed by atoms with van der Waals surface area (Å²) in [6.45, 7) is 2.90. The minimum Gasteiger partial charge on any atom is -0.477 e. The number of rotatable bonds is 6. The van der Waals surface area contributed by atoms with Crippen LogP contribution in [0.2, 0.25) is 0 Å². The van der Waals surface area contributed by atoms with Gasteiger partial charge >= 0.3 is 0 Å². The monoisotopic (exact) mass is 480 g/mol. The Labute approximate surface area is 201 Å². The molecule has 9 heteroatoms. The van der Waals surface area contributed by atoms with Crippen molar-refractivity contribution in [1.82, 2.24) is 14.9 Å². The fourth-order valence-electron chi connectivity index (χ4n) is 4.66. The number of hydrogen-bond acceptors (Lipinski definition) is 6. The van der Waals surface area contributed by atoms with Crippen molar-refractivity contribution in [2.24, 2.45) is 0 Å². The number of carbonyl (C=O) groups excluding carboxylic acids is 2. The Morgan fingerprint density at radius 2 is 2.06 bits per heavy atom. The first kappa shape index (κ1) is 22.6. The van der Waals surface area contributed by atoms with Crippen molar-refractivity contribution in [1.29, 1.82) is 0 Å². The maximum absolute atomic E-state index is 13.3. The summed E-state index contributed by atoms with van der Waals surface area (Å²) in [7, 11) is 0. The predicted molar refractivity (Wildman–Crippen MR) is 132 cm³/mol. The van der Waals surface area contributed by atoms with E-state index in [2.05, 4.69) is 10.3 Å². The molecule has 2 aromatic heterocycles. The highest BCUT2D eigenvalue weighted by atomic mass is 32.1. The van der Waals surface area contributed by atoms with Crippen LogP contribution in [0.25, 0.3) is 10.2 Å². The van der Waals surface area contributed by atoms with Crippen LogP contribution in [-0.2, 0) is 29.0 Å². The van der Waals surface area contributed by atoms with Crippen molar-refractivity contribution in [2.45, 2.75) is 58.1 Å². The topological polar surface area (TPSA) is 93.5 Å². The summed E-state index contributed by atoms with van der Waals surface area (Å²) in [4.78, 5) is 47.2. The molecule has 1 aromatic carbocycles. The van der Waals surface area contributed by atoms with Gasteiger partial charge in [-0.3, -0.25) is 19.0 Å². The van der Waals surface area contributed by atoms with Crippen LogP contribution in [0.1, 0.15) is 43.0 Å². The van der Waals surface area contributed by atoms with Gasteiger partial charge in [0.2, 0.25) is 5.91 Å². The fourth-order valence-corrected chi connectivity index (χ4v) is 5.88. The van der Waals surface area contributed by atoms with Crippen LogP contribution >= 0.6 is 11.3 Å². The van der Waals surface area contributed by atoms with Gasteiger partial charge in [0.25, 0.3) is 11.5 Å². The molecule has 3 aromatic rings. The van der Waals surface area contributed by atoms with Gasteiger partial charge in [-0.1, -0.05) is 19.1 Å². The standard InChI is InChI=1S/C25H28N4O4S/c1-2-12-26-23(31)19-14-29(17-8-4-5-9-18(17)33-19)21(30)11-13-28-15-27-24-22(25(28)32)16-7-3-6-10-20(16)34-24/h4-5,8-9,15,19H,2-3,6-7,10-14H2,1H3,(H,26,31)/t19-/m0/s1. The molecule has 0 saturated carbocycles. The number of benzene rings is 1. The molecule has 2 aliphatic rings. The summed E-state index contributed by atoms with van der Waals surface area (Å²) in [6, 6.07) is 7.22. The number of amides is 2. The van der Waals surface area contributed by atoms with Crippen molar-refractivity contribution in [3.8, 4) is 5.75 Å². The largest absolute Gasteiger partial charge is 0.477 e. The average Bonchev–Trinajstić information content (AvgIpc) is 3.25. The lowest BCUT2D eigenvalue weighted by molar-refractivity contribution is -0.128. The van der Waals surface area contributed by atoms with Crippen LogP contribution in [-0.4, -0.2) is 40.6 Å². The van der Waals surface area contributed by atoms with E-state index in [4.69, 9.17) is 4.74 Å². The Morgan fingerprint density at radius 3 is 2.91 bits per heavy atom. The average molecular weight is 481 g/mol. The molecular weight excluding hydrogens is 452 g/mol. The van der Waals surface area contributed by atoms with Crippen molar-refractivity contribution in [2.75, 3.05) is 18.0 Å². The Morgan fingerprint density at radius 1 is 1.24 bits per heavy atom. The zero-order valence-corrected chi connectivity index (χ0v) is 20.0. The number of hydrogen-bond donors (Lipinski definition) is 1. The van der Waals surface area contributed by atoms with Crippen molar-refractivity contribution in [3.05, 3.63) is 51.4 Å². The first-order valence-electron chi connectivity index (χ1n) is 11.9. The quantitative estimate of drug-likeness (QED) is 0.585. The molecule has 178 valence electrons. The minimum absolute atomic E-state index is 0.0728. The maximum atomic E-state index is 13.3. The van der Waals surface area contributed by atoms with E-state index < -0.39 is 6.10 Å². The van der Waals surface area contributed by atoms with E-state index >= 15 is 0 Å². The summed E-state index contributed by atoms with van der Waals surface area (Å²) in [6.07, 6.45) is 5.89. The molecule has 1 aliphatic carbocycles. The van der Waals surface area contributed by atoms with Gasteiger partial charge < -0.3 is 15.0 Å². The Hall–Kier alpha value is -3.20. The number of nitrogens with one attached hydrogen (secondary N) is 1. The molecule has 3 heterocycles. The van der Waals surface area contributed by atoms with Gasteiger partial charge in [-0.15, -0.1) is 11.3 Å². The lowest BCUT2D eigenvalue weighted by atomic mass is 9.97.